The van der Waals surface area contributed by atoms with Gasteiger partial charge < -0.3 is 4.43 Å². The Bertz CT molecular complexity index is 391. The second-order valence-electron chi connectivity index (χ2n) is 4.31. The molecular formula is C11H13ClF2OSi. The molecule has 0 aliphatic carbocycles. The van der Waals surface area contributed by atoms with Gasteiger partial charge in [-0.05, 0) is 43.9 Å². The lowest BCUT2D eigenvalue weighted by Gasteiger charge is -2.21. The van der Waals surface area contributed by atoms with E-state index in [1.54, 1.807) is 12.1 Å². The van der Waals surface area contributed by atoms with E-state index in [0.717, 1.165) is 0 Å². The lowest BCUT2D eigenvalue weighted by atomic mass is 10.2. The van der Waals surface area contributed by atoms with Gasteiger partial charge in [0, 0.05) is 10.6 Å². The Kier molecular flexibility index (Phi) is 4.10. The van der Waals surface area contributed by atoms with E-state index < -0.39 is 14.4 Å². The zero-order chi connectivity index (χ0) is 12.3. The highest BCUT2D eigenvalue weighted by atomic mass is 35.5. The van der Waals surface area contributed by atoms with Gasteiger partial charge in [0.2, 0.25) is 8.32 Å². The van der Waals surface area contributed by atoms with E-state index in [-0.39, 0.29) is 5.76 Å². The summed E-state index contributed by atoms with van der Waals surface area (Å²) in [6, 6.07) is 6.18. The van der Waals surface area contributed by atoms with Gasteiger partial charge in [-0.1, -0.05) is 11.6 Å². The van der Waals surface area contributed by atoms with Gasteiger partial charge in [-0.2, -0.15) is 8.78 Å². The van der Waals surface area contributed by atoms with Crippen molar-refractivity contribution in [3.8, 4) is 0 Å². The first kappa shape index (κ1) is 13.2. The molecule has 0 atom stereocenters. The van der Waals surface area contributed by atoms with Crippen LogP contribution >= 0.6 is 11.6 Å². The fourth-order valence-corrected chi connectivity index (χ4v) is 2.05. The summed E-state index contributed by atoms with van der Waals surface area (Å²) in [5.41, 5.74) is 0.354. The van der Waals surface area contributed by atoms with Gasteiger partial charge in [-0.25, -0.2) is 0 Å². The Morgan fingerprint density at radius 2 is 1.62 bits per heavy atom. The molecule has 0 aliphatic heterocycles. The second-order valence-corrected chi connectivity index (χ2v) is 9.18. The van der Waals surface area contributed by atoms with Gasteiger partial charge in [-0.3, -0.25) is 0 Å². The Hall–Kier alpha value is -0.873. The highest BCUT2D eigenvalue weighted by molar-refractivity contribution is 6.70. The summed E-state index contributed by atoms with van der Waals surface area (Å²) in [5.74, 6) is -0.337. The maximum Gasteiger partial charge on any atom is 0.311 e. The molecule has 88 valence electrons. The number of benzene rings is 1. The minimum Gasteiger partial charge on any atom is -0.540 e. The lowest BCUT2D eigenvalue weighted by Crippen LogP contribution is -2.24. The molecule has 0 radical (unpaired) electrons. The molecule has 0 amide bonds. The summed E-state index contributed by atoms with van der Waals surface area (Å²) in [6.45, 7) is 5.56. The monoisotopic (exact) mass is 262 g/mol. The quantitative estimate of drug-likeness (QED) is 0.564. The van der Waals surface area contributed by atoms with Crippen LogP contribution in [0.4, 0.5) is 8.78 Å². The Balaban J connectivity index is 3.06. The maximum atomic E-state index is 12.8. The fraction of sp³-hybridized carbons (Fsp3) is 0.273. The van der Waals surface area contributed by atoms with E-state index in [1.165, 1.54) is 12.1 Å². The van der Waals surface area contributed by atoms with Crippen LogP contribution in [0.3, 0.4) is 0 Å². The molecule has 0 aromatic heterocycles. The van der Waals surface area contributed by atoms with Crippen LogP contribution in [0.15, 0.2) is 30.3 Å². The van der Waals surface area contributed by atoms with Crippen molar-refractivity contribution in [1.82, 2.24) is 0 Å². The first-order valence-corrected chi connectivity index (χ1v) is 8.58. The molecule has 1 nitrogen and oxygen atoms in total. The van der Waals surface area contributed by atoms with Gasteiger partial charge in [-0.15, -0.1) is 0 Å². The van der Waals surface area contributed by atoms with Crippen LogP contribution in [-0.2, 0) is 4.43 Å². The zero-order valence-electron chi connectivity index (χ0n) is 9.35. The minimum absolute atomic E-state index is 0.337. The summed E-state index contributed by atoms with van der Waals surface area (Å²) in [4.78, 5) is 0. The van der Waals surface area contributed by atoms with Crippen molar-refractivity contribution in [2.45, 2.75) is 19.6 Å². The van der Waals surface area contributed by atoms with Crippen LogP contribution in [0.1, 0.15) is 5.56 Å². The molecule has 0 spiro atoms. The Morgan fingerprint density at radius 3 is 2.00 bits per heavy atom. The van der Waals surface area contributed by atoms with E-state index in [4.69, 9.17) is 16.0 Å². The van der Waals surface area contributed by atoms with Gasteiger partial charge in [0.05, 0.1) is 0 Å². The molecule has 0 N–H and O–H groups in total. The first-order chi connectivity index (χ1) is 7.29. The van der Waals surface area contributed by atoms with Crippen LogP contribution in [0.2, 0.25) is 24.7 Å². The predicted molar refractivity (Wildman–Crippen MR) is 65.0 cm³/mol. The summed E-state index contributed by atoms with van der Waals surface area (Å²) in [6.07, 6.45) is -1.80. The molecule has 0 aliphatic rings. The van der Waals surface area contributed by atoms with Gasteiger partial charge in [0.25, 0.3) is 0 Å². The molecule has 0 saturated carbocycles. The van der Waals surface area contributed by atoms with E-state index in [9.17, 15) is 8.78 Å². The van der Waals surface area contributed by atoms with Gasteiger partial charge in [0.15, 0.2) is 5.76 Å². The maximum absolute atomic E-state index is 12.8. The Labute approximate surface area is 99.8 Å². The summed E-state index contributed by atoms with van der Waals surface area (Å²) < 4.78 is 30.9. The van der Waals surface area contributed by atoms with Crippen molar-refractivity contribution < 1.29 is 13.2 Å². The summed E-state index contributed by atoms with van der Waals surface area (Å²) >= 11 is 5.69. The van der Waals surface area contributed by atoms with Gasteiger partial charge in [0.1, 0.15) is 0 Å². The first-order valence-electron chi connectivity index (χ1n) is 4.80. The summed E-state index contributed by atoms with van der Waals surface area (Å²) in [7, 11) is -2.05. The average molecular weight is 263 g/mol. The molecule has 0 fully saturated rings. The van der Waals surface area contributed by atoms with Crippen molar-refractivity contribution >= 4 is 25.7 Å². The van der Waals surface area contributed by atoms with Crippen molar-refractivity contribution in [1.29, 1.82) is 0 Å². The van der Waals surface area contributed by atoms with E-state index in [2.05, 4.69) is 0 Å². The van der Waals surface area contributed by atoms with E-state index in [1.807, 2.05) is 19.6 Å². The normalized spacial score (nSPS) is 11.1. The number of halogens is 3. The van der Waals surface area contributed by atoms with E-state index in [0.29, 0.717) is 10.6 Å². The third kappa shape index (κ3) is 3.94. The van der Waals surface area contributed by atoms with Gasteiger partial charge >= 0.3 is 6.08 Å². The van der Waals surface area contributed by atoms with Crippen LogP contribution in [0, 0.1) is 0 Å². The van der Waals surface area contributed by atoms with Crippen LogP contribution in [-0.4, -0.2) is 8.32 Å². The zero-order valence-corrected chi connectivity index (χ0v) is 11.1. The van der Waals surface area contributed by atoms with Crippen molar-refractivity contribution in [2.75, 3.05) is 0 Å². The Morgan fingerprint density at radius 1 is 1.12 bits per heavy atom. The average Bonchev–Trinajstić information content (AvgIpc) is 2.14. The highest BCUT2D eigenvalue weighted by Crippen LogP contribution is 2.26. The van der Waals surface area contributed by atoms with Crippen LogP contribution in [0.5, 0.6) is 0 Å². The molecule has 1 aromatic rings. The molecule has 0 unspecified atom stereocenters. The van der Waals surface area contributed by atoms with Crippen molar-refractivity contribution in [3.05, 3.63) is 40.9 Å². The standard InChI is InChI=1S/C11H13ClF2OSi/c1-16(2,3)15-10(11(13)14)8-4-6-9(12)7-5-8/h4-7H,1-3H3. The molecule has 1 aromatic carbocycles. The molecule has 5 heteroatoms. The highest BCUT2D eigenvalue weighted by Gasteiger charge is 2.22. The SMILES string of the molecule is C[Si](C)(C)OC(=C(F)F)c1ccc(Cl)cc1. The molecule has 16 heavy (non-hydrogen) atoms. The lowest BCUT2D eigenvalue weighted by molar-refractivity contribution is 0.384. The van der Waals surface area contributed by atoms with Crippen LogP contribution < -0.4 is 0 Å². The topological polar surface area (TPSA) is 9.23 Å². The molecular weight excluding hydrogens is 250 g/mol. The number of rotatable bonds is 3. The van der Waals surface area contributed by atoms with Crippen molar-refractivity contribution in [3.63, 3.8) is 0 Å². The second kappa shape index (κ2) is 4.97. The fourth-order valence-electron chi connectivity index (χ4n) is 1.11. The van der Waals surface area contributed by atoms with E-state index >= 15 is 0 Å². The molecule has 0 bridgehead atoms. The third-order valence-corrected chi connectivity index (χ3v) is 2.75. The largest absolute Gasteiger partial charge is 0.540 e. The summed E-state index contributed by atoms with van der Waals surface area (Å²) in [5, 5.41) is 0.510. The predicted octanol–water partition coefficient (Wildman–Crippen LogP) is 4.76. The minimum atomic E-state index is -2.05. The smallest absolute Gasteiger partial charge is 0.311 e. The van der Waals surface area contributed by atoms with Crippen molar-refractivity contribution in [2.24, 2.45) is 0 Å². The molecule has 1 rings (SSSR count). The number of hydrogen-bond donors (Lipinski definition) is 0. The third-order valence-electron chi connectivity index (χ3n) is 1.69. The van der Waals surface area contributed by atoms with Crippen LogP contribution in [0.25, 0.3) is 5.76 Å². The number of hydrogen-bond acceptors (Lipinski definition) is 1. The molecule has 0 heterocycles. The molecule has 0 saturated heterocycles.